The van der Waals surface area contributed by atoms with Crippen LogP contribution in [0.4, 0.5) is 0 Å². The van der Waals surface area contributed by atoms with Crippen LogP contribution in [0, 0.1) is 22.7 Å². The summed E-state index contributed by atoms with van der Waals surface area (Å²) in [4.78, 5) is 11.7. The van der Waals surface area contributed by atoms with Crippen LogP contribution in [-0.4, -0.2) is 19.7 Å². The van der Waals surface area contributed by atoms with Crippen LogP contribution in [0.2, 0.25) is 0 Å². The fraction of sp³-hybridized carbons (Fsp3) is 0.654. The summed E-state index contributed by atoms with van der Waals surface area (Å²) in [7, 11) is 1.44. The molecule has 1 fully saturated rings. The van der Waals surface area contributed by atoms with E-state index in [-0.39, 0.29) is 11.9 Å². The van der Waals surface area contributed by atoms with Crippen LogP contribution in [0.15, 0.2) is 46.3 Å². The highest BCUT2D eigenvalue weighted by Gasteiger charge is 2.46. The van der Waals surface area contributed by atoms with Gasteiger partial charge in [-0.05, 0) is 76.9 Å². The van der Waals surface area contributed by atoms with E-state index in [0.717, 1.165) is 18.6 Å². The van der Waals surface area contributed by atoms with Gasteiger partial charge in [-0.25, -0.2) is 0 Å². The molecule has 0 aromatic heterocycles. The van der Waals surface area contributed by atoms with Gasteiger partial charge in [0.2, 0.25) is 0 Å². The molecule has 1 spiro atoms. The number of allylic oxidation sites excluding steroid dienone is 6. The zero-order chi connectivity index (χ0) is 22.0. The molecule has 168 valence electrons. The van der Waals surface area contributed by atoms with Crippen LogP contribution in [0.25, 0.3) is 0 Å². The van der Waals surface area contributed by atoms with Gasteiger partial charge < -0.3 is 9.47 Å². The zero-order valence-electron chi connectivity index (χ0n) is 19.2. The van der Waals surface area contributed by atoms with Crippen molar-refractivity contribution in [2.24, 2.45) is 22.7 Å². The second-order valence-corrected chi connectivity index (χ2v) is 10.2. The third kappa shape index (κ3) is 6.73. The predicted octanol–water partition coefficient (Wildman–Crippen LogP) is 7.53. The monoisotopic (exact) mass is 526 g/mol. The van der Waals surface area contributed by atoms with E-state index in [1.807, 2.05) is 16.4 Å². The number of hydrogen-bond acceptors (Lipinski definition) is 3. The average molecular weight is 526 g/mol. The van der Waals surface area contributed by atoms with Crippen LogP contribution in [0.1, 0.15) is 72.1 Å². The summed E-state index contributed by atoms with van der Waals surface area (Å²) in [6.45, 7) is 7.78. The maximum absolute atomic E-state index is 11.7. The van der Waals surface area contributed by atoms with E-state index in [2.05, 4.69) is 67.7 Å². The first kappa shape index (κ1) is 25.2. The number of esters is 1. The van der Waals surface area contributed by atoms with Crippen molar-refractivity contribution >= 4 is 28.6 Å². The number of halogens is 1. The Hall–Kier alpha value is -1.04. The summed E-state index contributed by atoms with van der Waals surface area (Å²) < 4.78 is 12.8. The van der Waals surface area contributed by atoms with Crippen LogP contribution in [0.3, 0.4) is 0 Å². The number of rotatable bonds is 9. The molecule has 2 aliphatic carbocycles. The van der Waals surface area contributed by atoms with Gasteiger partial charge in [0.05, 0.1) is 26.4 Å². The van der Waals surface area contributed by atoms with Crippen molar-refractivity contribution in [2.75, 3.05) is 13.7 Å². The minimum atomic E-state index is -0.166. The Bertz CT molecular complexity index is 674. The lowest BCUT2D eigenvalue weighted by molar-refractivity contribution is -0.141. The molecule has 0 heterocycles. The Morgan fingerprint density at radius 3 is 2.80 bits per heavy atom. The average Bonchev–Trinajstić information content (AvgIpc) is 2.73. The molecule has 2 unspecified atom stereocenters. The van der Waals surface area contributed by atoms with Crippen molar-refractivity contribution in [3.05, 3.63) is 46.3 Å². The van der Waals surface area contributed by atoms with Gasteiger partial charge in [0.25, 0.3) is 0 Å². The summed E-state index contributed by atoms with van der Waals surface area (Å²) in [5.41, 5.74) is 1.86. The van der Waals surface area contributed by atoms with Crippen LogP contribution in [0.5, 0.6) is 0 Å². The first-order valence-electron chi connectivity index (χ1n) is 11.4. The fourth-order valence-electron chi connectivity index (χ4n) is 5.14. The van der Waals surface area contributed by atoms with E-state index >= 15 is 0 Å². The van der Waals surface area contributed by atoms with Gasteiger partial charge in [0, 0.05) is 0 Å². The van der Waals surface area contributed by atoms with E-state index in [4.69, 9.17) is 9.47 Å². The molecule has 1 saturated carbocycles. The van der Waals surface area contributed by atoms with E-state index in [0.29, 0.717) is 23.2 Å². The molecule has 2 rings (SSSR count). The molecule has 0 amide bonds. The summed E-state index contributed by atoms with van der Waals surface area (Å²) >= 11 is 2.22. The minimum absolute atomic E-state index is 0.159. The van der Waals surface area contributed by atoms with Gasteiger partial charge >= 0.3 is 5.97 Å². The molecule has 0 N–H and O–H groups in total. The molecule has 0 aliphatic heterocycles. The van der Waals surface area contributed by atoms with E-state index in [9.17, 15) is 4.79 Å². The quantitative estimate of drug-likeness (QED) is 0.102. The topological polar surface area (TPSA) is 35.5 Å². The Balaban J connectivity index is 1.93. The molecule has 0 aromatic rings. The maximum Gasteiger partial charge on any atom is 0.306 e. The Morgan fingerprint density at radius 2 is 2.13 bits per heavy atom. The third-order valence-electron chi connectivity index (χ3n) is 7.26. The lowest BCUT2D eigenvalue weighted by Gasteiger charge is -2.51. The number of methoxy groups -OCH3 is 1. The molecule has 0 radical (unpaired) electrons. The molecule has 0 saturated heterocycles. The van der Waals surface area contributed by atoms with E-state index in [1.54, 1.807) is 0 Å². The van der Waals surface area contributed by atoms with E-state index < -0.39 is 0 Å². The van der Waals surface area contributed by atoms with E-state index in [1.165, 1.54) is 45.6 Å². The number of hydrogen-bond donors (Lipinski definition) is 0. The number of ether oxygens (including phenoxy) is 2. The molecular formula is C26H39IO3. The van der Waals surface area contributed by atoms with Gasteiger partial charge in [-0.1, -0.05) is 74.1 Å². The molecule has 0 aromatic carbocycles. The molecule has 0 bridgehead atoms. The highest BCUT2D eigenvalue weighted by Crippen LogP contribution is 2.56. The van der Waals surface area contributed by atoms with Crippen molar-refractivity contribution in [3.8, 4) is 0 Å². The van der Waals surface area contributed by atoms with Crippen LogP contribution < -0.4 is 0 Å². The Labute approximate surface area is 197 Å². The van der Waals surface area contributed by atoms with Gasteiger partial charge in [-0.3, -0.25) is 4.79 Å². The van der Waals surface area contributed by atoms with Gasteiger partial charge in [-0.15, -0.1) is 0 Å². The van der Waals surface area contributed by atoms with Gasteiger partial charge in [0.1, 0.15) is 0 Å². The molecule has 2 aliphatic rings. The SMILES string of the molecule is CC[C@@H](CC(=O)OC)C(/C=C\I)=C/C=C/OCC1CCCC2(C=CCCC2(C)C)C1. The normalized spacial score (nSPS) is 27.6. The highest BCUT2D eigenvalue weighted by atomic mass is 127. The van der Waals surface area contributed by atoms with Crippen molar-refractivity contribution in [1.29, 1.82) is 0 Å². The highest BCUT2D eigenvalue weighted by molar-refractivity contribution is 14.1. The largest absolute Gasteiger partial charge is 0.501 e. The fourth-order valence-corrected chi connectivity index (χ4v) is 5.56. The molecule has 3 nitrogen and oxygen atoms in total. The van der Waals surface area contributed by atoms with Crippen molar-refractivity contribution in [2.45, 2.75) is 72.1 Å². The maximum atomic E-state index is 11.7. The summed E-state index contributed by atoms with van der Waals surface area (Å²) in [5, 5.41) is 0. The molecular weight excluding hydrogens is 487 g/mol. The Kier molecular flexibility index (Phi) is 10.2. The second-order valence-electron chi connectivity index (χ2n) is 9.45. The van der Waals surface area contributed by atoms with Crippen LogP contribution in [-0.2, 0) is 14.3 Å². The number of carbonyl (C=O) groups is 1. The van der Waals surface area contributed by atoms with Crippen molar-refractivity contribution in [1.82, 2.24) is 0 Å². The third-order valence-corrected chi connectivity index (χ3v) is 7.62. The van der Waals surface area contributed by atoms with Gasteiger partial charge in [0.15, 0.2) is 0 Å². The zero-order valence-corrected chi connectivity index (χ0v) is 21.3. The second kappa shape index (κ2) is 12.1. The standard InChI is InChI=1S/C26H39IO3/c1-5-22(18-24(28)29-4)23(12-16-27)11-9-17-30-20-21-10-8-15-26(19-21)14-7-6-13-25(26,2)3/h7,9,11-12,14,16-17,21-22H,5-6,8,10,13,15,18-20H2,1-4H3/b16-12-,17-9+,23-11+/t21?,22-,26?/m0/s1. The van der Waals surface area contributed by atoms with Crippen LogP contribution >= 0.6 is 22.6 Å². The minimum Gasteiger partial charge on any atom is -0.501 e. The Morgan fingerprint density at radius 1 is 1.33 bits per heavy atom. The summed E-state index contributed by atoms with van der Waals surface area (Å²) in [5.74, 6) is 0.609. The lowest BCUT2D eigenvalue weighted by atomic mass is 9.53. The molecule has 30 heavy (non-hydrogen) atoms. The number of carbonyl (C=O) groups excluding carboxylic acids is 1. The first-order valence-corrected chi connectivity index (χ1v) is 12.6. The first-order chi connectivity index (χ1) is 14.4. The van der Waals surface area contributed by atoms with Gasteiger partial charge in [-0.2, -0.15) is 0 Å². The summed E-state index contributed by atoms with van der Waals surface area (Å²) in [6.07, 6.45) is 21.7. The van der Waals surface area contributed by atoms with Crippen molar-refractivity contribution in [3.63, 3.8) is 0 Å². The summed E-state index contributed by atoms with van der Waals surface area (Å²) in [6, 6.07) is 0. The predicted molar refractivity (Wildman–Crippen MR) is 133 cm³/mol. The molecule has 3 atom stereocenters. The lowest BCUT2D eigenvalue weighted by Crippen LogP contribution is -2.42. The smallest absolute Gasteiger partial charge is 0.306 e. The molecule has 4 heteroatoms. The van der Waals surface area contributed by atoms with Crippen molar-refractivity contribution < 1.29 is 14.3 Å².